The van der Waals surface area contributed by atoms with Crippen LogP contribution in [0.1, 0.15) is 30.5 Å². The summed E-state index contributed by atoms with van der Waals surface area (Å²) in [6, 6.07) is 4.56. The minimum absolute atomic E-state index is 0.298. The van der Waals surface area contributed by atoms with Gasteiger partial charge in [0.1, 0.15) is 0 Å². The fraction of sp³-hybridized carbons (Fsp3) is 0.615. The molecule has 3 nitrogen and oxygen atoms in total. The van der Waals surface area contributed by atoms with E-state index in [-0.39, 0.29) is 0 Å². The van der Waals surface area contributed by atoms with Crippen LogP contribution in [-0.2, 0) is 11.2 Å². The van der Waals surface area contributed by atoms with Crippen LogP contribution in [0.15, 0.2) is 12.1 Å². The van der Waals surface area contributed by atoms with E-state index in [2.05, 4.69) is 31.3 Å². The molecule has 17 heavy (non-hydrogen) atoms. The summed E-state index contributed by atoms with van der Waals surface area (Å²) in [5.74, 6) is -0.760. The molecule has 0 aliphatic carbocycles. The Bertz CT molecular complexity index is 385. The highest BCUT2D eigenvalue weighted by molar-refractivity contribution is 7.11. The predicted octanol–water partition coefficient (Wildman–Crippen LogP) is 2.69. The van der Waals surface area contributed by atoms with Crippen LogP contribution in [0.5, 0.6) is 0 Å². The van der Waals surface area contributed by atoms with E-state index in [1.165, 1.54) is 9.75 Å². The van der Waals surface area contributed by atoms with Crippen molar-refractivity contribution in [1.82, 2.24) is 5.32 Å². The van der Waals surface area contributed by atoms with E-state index in [4.69, 9.17) is 5.11 Å². The maximum Gasteiger partial charge on any atom is 0.310 e. The molecule has 1 aromatic heterocycles. The molecule has 0 aliphatic rings. The minimum atomic E-state index is -0.760. The lowest BCUT2D eigenvalue weighted by Gasteiger charge is -2.22. The quantitative estimate of drug-likeness (QED) is 0.821. The van der Waals surface area contributed by atoms with Crippen molar-refractivity contribution < 1.29 is 9.90 Å². The van der Waals surface area contributed by atoms with Crippen LogP contribution in [0, 0.1) is 12.3 Å². The number of hydrogen-bond acceptors (Lipinski definition) is 3. The molecule has 1 heterocycles. The molecule has 0 aromatic carbocycles. The van der Waals surface area contributed by atoms with Crippen LogP contribution in [-0.4, -0.2) is 23.7 Å². The molecule has 0 saturated carbocycles. The highest BCUT2D eigenvalue weighted by Gasteiger charge is 2.27. The van der Waals surface area contributed by atoms with Gasteiger partial charge in [0.05, 0.1) is 5.41 Å². The van der Waals surface area contributed by atoms with Crippen LogP contribution in [0.2, 0.25) is 0 Å². The third-order valence-electron chi connectivity index (χ3n) is 2.77. The third-order valence-corrected chi connectivity index (χ3v) is 3.80. The van der Waals surface area contributed by atoms with Gasteiger partial charge in [-0.2, -0.15) is 0 Å². The number of aliphatic carboxylic acids is 1. The van der Waals surface area contributed by atoms with E-state index >= 15 is 0 Å². The number of carbonyl (C=O) groups is 1. The summed E-state index contributed by atoms with van der Waals surface area (Å²) in [5, 5.41) is 12.3. The first-order valence-electron chi connectivity index (χ1n) is 5.83. The largest absolute Gasteiger partial charge is 0.481 e. The van der Waals surface area contributed by atoms with Gasteiger partial charge in [-0.3, -0.25) is 4.79 Å². The van der Waals surface area contributed by atoms with Crippen molar-refractivity contribution in [2.75, 3.05) is 6.54 Å². The number of carboxylic acid groups (broad SMARTS) is 1. The molecule has 0 spiro atoms. The number of thiophene rings is 1. The Hall–Kier alpha value is -0.870. The van der Waals surface area contributed by atoms with E-state index in [9.17, 15) is 4.79 Å². The van der Waals surface area contributed by atoms with Gasteiger partial charge in [-0.1, -0.05) is 0 Å². The molecule has 1 aromatic rings. The second kappa shape index (κ2) is 5.65. The van der Waals surface area contributed by atoms with Crippen LogP contribution >= 0.6 is 11.3 Å². The van der Waals surface area contributed by atoms with Gasteiger partial charge < -0.3 is 10.4 Å². The average Bonchev–Trinajstić information content (AvgIpc) is 2.61. The average molecular weight is 255 g/mol. The van der Waals surface area contributed by atoms with E-state index in [0.717, 1.165) is 6.42 Å². The van der Waals surface area contributed by atoms with Gasteiger partial charge in [-0.05, 0) is 46.2 Å². The van der Waals surface area contributed by atoms with Crippen molar-refractivity contribution in [2.45, 2.75) is 40.2 Å². The maximum absolute atomic E-state index is 11.0. The highest BCUT2D eigenvalue weighted by atomic mass is 32.1. The fourth-order valence-electron chi connectivity index (χ4n) is 1.47. The monoisotopic (exact) mass is 255 g/mol. The molecular weight excluding hydrogens is 234 g/mol. The summed E-state index contributed by atoms with van der Waals surface area (Å²) in [6.45, 7) is 8.16. The lowest BCUT2D eigenvalue weighted by atomic mass is 9.93. The molecule has 0 saturated heterocycles. The Kier molecular flexibility index (Phi) is 4.71. The van der Waals surface area contributed by atoms with Crippen molar-refractivity contribution >= 4 is 17.3 Å². The van der Waals surface area contributed by atoms with E-state index in [1.807, 2.05) is 0 Å². The molecule has 1 rings (SSSR count). The molecule has 0 fully saturated rings. The smallest absolute Gasteiger partial charge is 0.310 e. The van der Waals surface area contributed by atoms with Crippen LogP contribution < -0.4 is 5.32 Å². The van der Waals surface area contributed by atoms with E-state index in [0.29, 0.717) is 12.6 Å². The first kappa shape index (κ1) is 14.2. The minimum Gasteiger partial charge on any atom is -0.481 e. The third kappa shape index (κ3) is 4.48. The second-order valence-corrected chi connectivity index (χ2v) is 6.56. The summed E-state index contributed by atoms with van der Waals surface area (Å²) < 4.78 is 0. The number of aryl methyl sites for hydroxylation is 1. The first-order valence-corrected chi connectivity index (χ1v) is 6.65. The van der Waals surface area contributed by atoms with Gasteiger partial charge in [-0.15, -0.1) is 11.3 Å². The number of hydrogen-bond donors (Lipinski definition) is 2. The lowest BCUT2D eigenvalue weighted by Crippen LogP contribution is -2.40. The van der Waals surface area contributed by atoms with Crippen molar-refractivity contribution in [2.24, 2.45) is 5.41 Å². The molecule has 1 atom stereocenters. The van der Waals surface area contributed by atoms with Gasteiger partial charge in [-0.25, -0.2) is 0 Å². The zero-order chi connectivity index (χ0) is 13.1. The van der Waals surface area contributed by atoms with Crippen LogP contribution in [0.3, 0.4) is 0 Å². The SMILES string of the molecule is Cc1ccc(CC(C)NCC(C)(C)C(=O)O)s1. The Morgan fingerprint density at radius 1 is 1.53 bits per heavy atom. The summed E-state index contributed by atoms with van der Waals surface area (Å²) in [4.78, 5) is 13.6. The summed E-state index contributed by atoms with van der Waals surface area (Å²) in [6.07, 6.45) is 0.953. The Morgan fingerprint density at radius 2 is 2.18 bits per heavy atom. The van der Waals surface area contributed by atoms with E-state index < -0.39 is 11.4 Å². The van der Waals surface area contributed by atoms with Crippen molar-refractivity contribution in [3.8, 4) is 0 Å². The Morgan fingerprint density at radius 3 is 2.65 bits per heavy atom. The van der Waals surface area contributed by atoms with Gasteiger partial charge in [0.25, 0.3) is 0 Å². The standard InChI is InChI=1S/C13H21NO2S/c1-9(7-11-6-5-10(2)17-11)14-8-13(3,4)12(15)16/h5-6,9,14H,7-8H2,1-4H3,(H,15,16). The Labute approximate surface area is 107 Å². The molecule has 2 N–H and O–H groups in total. The zero-order valence-electron chi connectivity index (χ0n) is 10.9. The predicted molar refractivity (Wildman–Crippen MR) is 71.6 cm³/mol. The van der Waals surface area contributed by atoms with Crippen molar-refractivity contribution in [1.29, 1.82) is 0 Å². The maximum atomic E-state index is 11.0. The first-order chi connectivity index (χ1) is 7.81. The highest BCUT2D eigenvalue weighted by Crippen LogP contribution is 2.18. The van der Waals surface area contributed by atoms with Gasteiger partial charge in [0.15, 0.2) is 0 Å². The summed E-state index contributed by atoms with van der Waals surface area (Å²) in [5.41, 5.74) is -0.709. The number of nitrogens with one attached hydrogen (secondary N) is 1. The summed E-state index contributed by atoms with van der Waals surface area (Å²) >= 11 is 1.80. The zero-order valence-corrected chi connectivity index (χ0v) is 11.7. The van der Waals surface area contributed by atoms with Crippen LogP contribution in [0.4, 0.5) is 0 Å². The normalized spacial score (nSPS) is 13.6. The van der Waals surface area contributed by atoms with E-state index in [1.54, 1.807) is 25.2 Å². The van der Waals surface area contributed by atoms with Crippen molar-refractivity contribution in [3.63, 3.8) is 0 Å². The topological polar surface area (TPSA) is 49.3 Å². The van der Waals surface area contributed by atoms with Gasteiger partial charge in [0.2, 0.25) is 0 Å². The molecule has 96 valence electrons. The molecule has 4 heteroatoms. The fourth-order valence-corrected chi connectivity index (χ4v) is 2.49. The molecule has 0 radical (unpaired) electrons. The second-order valence-electron chi connectivity index (χ2n) is 5.19. The molecule has 0 aliphatic heterocycles. The summed E-state index contributed by atoms with van der Waals surface area (Å²) in [7, 11) is 0. The number of carboxylic acids is 1. The number of rotatable bonds is 6. The Balaban J connectivity index is 2.40. The molecule has 0 bridgehead atoms. The molecular formula is C13H21NO2S. The van der Waals surface area contributed by atoms with Crippen molar-refractivity contribution in [3.05, 3.63) is 21.9 Å². The van der Waals surface area contributed by atoms with Gasteiger partial charge >= 0.3 is 5.97 Å². The van der Waals surface area contributed by atoms with Crippen LogP contribution in [0.25, 0.3) is 0 Å². The van der Waals surface area contributed by atoms with Gasteiger partial charge in [0, 0.05) is 22.3 Å². The molecule has 1 unspecified atom stereocenters. The molecule has 0 amide bonds. The lowest BCUT2D eigenvalue weighted by molar-refractivity contribution is -0.146.